The first-order valence-corrected chi connectivity index (χ1v) is 9.88. The van der Waals surface area contributed by atoms with Gasteiger partial charge in [-0.1, -0.05) is 24.3 Å². The van der Waals surface area contributed by atoms with Gasteiger partial charge in [-0.3, -0.25) is 24.3 Å². The molecule has 3 N–H and O–H groups in total. The summed E-state index contributed by atoms with van der Waals surface area (Å²) in [6, 6.07) is 7.58. The number of aliphatic hydroxyl groups excluding tert-OH is 1. The van der Waals surface area contributed by atoms with Crippen molar-refractivity contribution >= 4 is 11.9 Å². The van der Waals surface area contributed by atoms with Gasteiger partial charge in [-0.25, -0.2) is 0 Å². The number of carboxylic acid groups (broad SMARTS) is 2. The number of rotatable bonds is 8. The first-order valence-electron chi connectivity index (χ1n) is 9.88. The number of allylic oxidation sites excluding steroid dienone is 1. The van der Waals surface area contributed by atoms with E-state index in [0.717, 1.165) is 30.8 Å². The zero-order valence-electron chi connectivity index (χ0n) is 17.0. The average molecular weight is 405 g/mol. The molecule has 0 unspecified atom stereocenters. The minimum absolute atomic E-state index is 0.00116. The second-order valence-corrected chi connectivity index (χ2v) is 7.39. The second kappa shape index (κ2) is 11.5. The van der Waals surface area contributed by atoms with E-state index in [2.05, 4.69) is 9.80 Å². The van der Waals surface area contributed by atoms with E-state index in [-0.39, 0.29) is 13.0 Å². The Morgan fingerprint density at radius 3 is 1.76 bits per heavy atom. The molecule has 0 atom stereocenters. The monoisotopic (exact) mass is 405 g/mol. The first kappa shape index (κ1) is 22.9. The number of aliphatic carboxylic acids is 2. The number of hydrogen-bond acceptors (Lipinski definition) is 6. The van der Waals surface area contributed by atoms with Crippen molar-refractivity contribution in [3.05, 3.63) is 47.2 Å². The third-order valence-corrected chi connectivity index (χ3v) is 5.06. The van der Waals surface area contributed by atoms with Gasteiger partial charge in [-0.05, 0) is 24.1 Å². The Hall–Kier alpha value is -2.42. The summed E-state index contributed by atoms with van der Waals surface area (Å²) >= 11 is 0. The molecular weight excluding hydrogens is 374 g/mol. The van der Waals surface area contributed by atoms with Gasteiger partial charge in [-0.15, -0.1) is 0 Å². The summed E-state index contributed by atoms with van der Waals surface area (Å²) in [5, 5.41) is 28.0. The number of carboxylic acids is 2. The van der Waals surface area contributed by atoms with Crippen molar-refractivity contribution < 1.29 is 24.9 Å². The maximum absolute atomic E-state index is 11.2. The highest BCUT2D eigenvalue weighted by Gasteiger charge is 2.18. The fourth-order valence-electron chi connectivity index (χ4n) is 3.37. The van der Waals surface area contributed by atoms with Gasteiger partial charge in [0.05, 0.1) is 19.5 Å². The minimum atomic E-state index is -0.847. The molecular formula is C21H31N3O5. The van der Waals surface area contributed by atoms with E-state index < -0.39 is 11.9 Å². The van der Waals surface area contributed by atoms with Crippen molar-refractivity contribution in [1.29, 1.82) is 0 Å². The molecule has 1 aliphatic rings. The Morgan fingerprint density at radius 1 is 0.793 bits per heavy atom. The van der Waals surface area contributed by atoms with E-state index >= 15 is 0 Å². The topological polar surface area (TPSA) is 105 Å². The number of benzene rings is 1. The number of nitrogens with zero attached hydrogens (tertiary/aromatic N) is 3. The van der Waals surface area contributed by atoms with Gasteiger partial charge in [-0.2, -0.15) is 0 Å². The molecule has 1 fully saturated rings. The van der Waals surface area contributed by atoms with Gasteiger partial charge in [0, 0.05) is 45.8 Å². The van der Waals surface area contributed by atoms with Crippen molar-refractivity contribution in [2.45, 2.75) is 19.9 Å². The van der Waals surface area contributed by atoms with Crippen LogP contribution in [0.5, 0.6) is 0 Å². The summed E-state index contributed by atoms with van der Waals surface area (Å²) in [4.78, 5) is 28.3. The third-order valence-electron chi connectivity index (χ3n) is 5.06. The molecule has 1 aromatic rings. The molecule has 0 radical (unpaired) electrons. The van der Waals surface area contributed by atoms with Crippen LogP contribution in [-0.4, -0.2) is 94.3 Å². The second-order valence-electron chi connectivity index (χ2n) is 7.39. The van der Waals surface area contributed by atoms with Crippen molar-refractivity contribution in [3.8, 4) is 0 Å². The Balaban J connectivity index is 2.04. The van der Waals surface area contributed by atoms with Crippen LogP contribution in [0.15, 0.2) is 36.1 Å². The van der Waals surface area contributed by atoms with Crippen LogP contribution in [0.3, 0.4) is 0 Å². The molecule has 0 aliphatic carbocycles. The van der Waals surface area contributed by atoms with Crippen molar-refractivity contribution in [2.75, 3.05) is 52.4 Å². The van der Waals surface area contributed by atoms with E-state index in [1.807, 2.05) is 29.2 Å². The molecule has 8 heteroatoms. The lowest BCUT2D eigenvalue weighted by molar-refractivity contribution is -0.138. The number of hydrogen-bond donors (Lipinski definition) is 3. The zero-order chi connectivity index (χ0) is 21.2. The zero-order valence-corrected chi connectivity index (χ0v) is 17.0. The lowest BCUT2D eigenvalue weighted by Gasteiger charge is -2.25. The largest absolute Gasteiger partial charge is 0.511 e. The van der Waals surface area contributed by atoms with Crippen molar-refractivity contribution in [2.24, 2.45) is 0 Å². The SMILES string of the molecule is CC=C(O)CN1CCN(CC(=O)O)CCN(Cc2ccc(CC(=O)O)cc2)CC1. The van der Waals surface area contributed by atoms with Crippen molar-refractivity contribution in [3.63, 3.8) is 0 Å². The first-order chi connectivity index (χ1) is 13.9. The molecule has 29 heavy (non-hydrogen) atoms. The summed E-state index contributed by atoms with van der Waals surface area (Å²) in [5.41, 5.74) is 1.86. The lowest BCUT2D eigenvalue weighted by atomic mass is 10.1. The third kappa shape index (κ3) is 8.64. The molecule has 2 rings (SSSR count). The van der Waals surface area contributed by atoms with Gasteiger partial charge in [0.2, 0.25) is 0 Å². The minimum Gasteiger partial charge on any atom is -0.511 e. The molecule has 1 heterocycles. The summed E-state index contributed by atoms with van der Waals surface area (Å²) in [6.45, 7) is 7.27. The van der Waals surface area contributed by atoms with Gasteiger partial charge >= 0.3 is 11.9 Å². The van der Waals surface area contributed by atoms with Crippen LogP contribution in [0, 0.1) is 0 Å². The fraction of sp³-hybridized carbons (Fsp3) is 0.524. The van der Waals surface area contributed by atoms with Gasteiger partial charge < -0.3 is 15.3 Å². The van der Waals surface area contributed by atoms with E-state index in [1.165, 1.54) is 0 Å². The van der Waals surface area contributed by atoms with Crippen molar-refractivity contribution in [1.82, 2.24) is 14.7 Å². The van der Waals surface area contributed by atoms with E-state index in [4.69, 9.17) is 5.11 Å². The molecule has 8 nitrogen and oxygen atoms in total. The van der Waals surface area contributed by atoms with Crippen LogP contribution < -0.4 is 0 Å². The predicted octanol–water partition coefficient (Wildman–Crippen LogP) is 1.28. The molecule has 0 aromatic heterocycles. The normalized spacial score (nSPS) is 18.0. The molecule has 160 valence electrons. The van der Waals surface area contributed by atoms with Crippen LogP contribution in [0.2, 0.25) is 0 Å². The Bertz CT molecular complexity index is 705. The van der Waals surface area contributed by atoms with E-state index in [9.17, 15) is 19.8 Å². The summed E-state index contributed by atoms with van der Waals surface area (Å²) in [7, 11) is 0. The smallest absolute Gasteiger partial charge is 0.317 e. The van der Waals surface area contributed by atoms with E-state index in [0.29, 0.717) is 38.5 Å². The highest BCUT2D eigenvalue weighted by atomic mass is 16.4. The Kier molecular flexibility index (Phi) is 9.11. The van der Waals surface area contributed by atoms with Gasteiger partial charge in [0.1, 0.15) is 5.76 Å². The fourth-order valence-corrected chi connectivity index (χ4v) is 3.37. The Labute approximate surface area is 171 Å². The highest BCUT2D eigenvalue weighted by molar-refractivity contribution is 5.70. The predicted molar refractivity (Wildman–Crippen MR) is 110 cm³/mol. The lowest BCUT2D eigenvalue weighted by Crippen LogP contribution is -2.39. The quantitative estimate of drug-likeness (QED) is 0.556. The molecule has 1 aliphatic heterocycles. The maximum Gasteiger partial charge on any atom is 0.317 e. The molecule has 1 saturated heterocycles. The number of aliphatic hydroxyl groups is 1. The molecule has 0 amide bonds. The van der Waals surface area contributed by atoms with Gasteiger partial charge in [0.25, 0.3) is 0 Å². The standard InChI is InChI=1S/C21H31N3O5/c1-2-19(25)15-23-9-7-22(8-11-24(12-10-23)16-21(28)29)14-18-5-3-17(4-6-18)13-20(26)27/h2-6,25H,7-16H2,1H3,(H,26,27)(H,28,29). The average Bonchev–Trinajstić information content (AvgIpc) is 2.75. The molecule has 0 bridgehead atoms. The molecule has 1 aromatic carbocycles. The number of carbonyl (C=O) groups is 2. The van der Waals surface area contributed by atoms with Gasteiger partial charge in [0.15, 0.2) is 0 Å². The maximum atomic E-state index is 11.2. The van der Waals surface area contributed by atoms with Crippen LogP contribution in [0.4, 0.5) is 0 Å². The van der Waals surface area contributed by atoms with Crippen LogP contribution in [-0.2, 0) is 22.6 Å². The van der Waals surface area contributed by atoms with Crippen LogP contribution in [0.1, 0.15) is 18.1 Å². The van der Waals surface area contributed by atoms with Crippen LogP contribution in [0.25, 0.3) is 0 Å². The summed E-state index contributed by atoms with van der Waals surface area (Å²) in [6.07, 6.45) is 1.69. The summed E-state index contributed by atoms with van der Waals surface area (Å²) < 4.78 is 0. The van der Waals surface area contributed by atoms with Crippen LogP contribution >= 0.6 is 0 Å². The van der Waals surface area contributed by atoms with E-state index in [1.54, 1.807) is 13.0 Å². The molecule has 0 saturated carbocycles. The summed E-state index contributed by atoms with van der Waals surface area (Å²) in [5.74, 6) is -1.37. The molecule has 0 spiro atoms. The Morgan fingerprint density at radius 2 is 1.28 bits per heavy atom. The highest BCUT2D eigenvalue weighted by Crippen LogP contribution is 2.10.